The highest BCUT2D eigenvalue weighted by molar-refractivity contribution is 5.77. The average molecular weight is 165 g/mol. The van der Waals surface area contributed by atoms with Gasteiger partial charge in [-0.15, -0.1) is 0 Å². The van der Waals surface area contributed by atoms with Crippen molar-refractivity contribution >= 4 is 11.7 Å². The number of aliphatic carboxylic acids is 1. The summed E-state index contributed by atoms with van der Waals surface area (Å²) in [6.45, 7) is 1.62. The van der Waals surface area contributed by atoms with Gasteiger partial charge in [-0.25, -0.2) is 0 Å². The lowest BCUT2D eigenvalue weighted by Crippen LogP contribution is -2.09. The van der Waals surface area contributed by atoms with Crippen LogP contribution in [-0.4, -0.2) is 11.1 Å². The SMILES string of the molecule is C[C@@H](C(=O)O)c1ccccc1N. The Morgan fingerprint density at radius 1 is 1.50 bits per heavy atom. The topological polar surface area (TPSA) is 63.3 Å². The molecule has 0 radical (unpaired) electrons. The van der Waals surface area contributed by atoms with Crippen LogP contribution in [0.1, 0.15) is 18.4 Å². The largest absolute Gasteiger partial charge is 0.481 e. The number of anilines is 1. The number of hydrogen-bond acceptors (Lipinski definition) is 2. The maximum Gasteiger partial charge on any atom is 0.310 e. The number of carbonyl (C=O) groups is 1. The Bertz CT molecular complexity index is 296. The number of nitrogen functional groups attached to an aromatic ring is 1. The summed E-state index contributed by atoms with van der Waals surface area (Å²) in [7, 11) is 0. The molecule has 0 aliphatic carbocycles. The maximum atomic E-state index is 10.6. The molecule has 1 atom stereocenters. The van der Waals surface area contributed by atoms with Gasteiger partial charge in [-0.2, -0.15) is 0 Å². The summed E-state index contributed by atoms with van der Waals surface area (Å²) in [5, 5.41) is 8.70. The fourth-order valence-corrected chi connectivity index (χ4v) is 1.04. The third-order valence-corrected chi connectivity index (χ3v) is 1.83. The van der Waals surface area contributed by atoms with Crippen molar-refractivity contribution in [3.8, 4) is 0 Å². The molecular weight excluding hydrogens is 154 g/mol. The quantitative estimate of drug-likeness (QED) is 0.652. The molecule has 0 bridgehead atoms. The first kappa shape index (κ1) is 8.59. The van der Waals surface area contributed by atoms with E-state index < -0.39 is 11.9 Å². The smallest absolute Gasteiger partial charge is 0.310 e. The van der Waals surface area contributed by atoms with Gasteiger partial charge in [0.05, 0.1) is 5.92 Å². The predicted molar refractivity (Wildman–Crippen MR) is 46.9 cm³/mol. The molecule has 12 heavy (non-hydrogen) atoms. The van der Waals surface area contributed by atoms with Crippen molar-refractivity contribution in [1.29, 1.82) is 0 Å². The minimum Gasteiger partial charge on any atom is -0.481 e. The standard InChI is InChI=1S/C9H11NO2/c1-6(9(11)12)7-4-2-3-5-8(7)10/h2-6H,10H2,1H3,(H,11,12)/t6-/m1/s1. The van der Waals surface area contributed by atoms with Gasteiger partial charge in [-0.1, -0.05) is 18.2 Å². The summed E-state index contributed by atoms with van der Waals surface area (Å²) in [6.07, 6.45) is 0. The van der Waals surface area contributed by atoms with E-state index in [1.165, 1.54) is 0 Å². The van der Waals surface area contributed by atoms with Crippen molar-refractivity contribution in [3.63, 3.8) is 0 Å². The molecule has 3 N–H and O–H groups in total. The van der Waals surface area contributed by atoms with Crippen LogP contribution in [0.4, 0.5) is 5.69 Å². The molecule has 0 unspecified atom stereocenters. The van der Waals surface area contributed by atoms with Gasteiger partial charge >= 0.3 is 5.97 Å². The van der Waals surface area contributed by atoms with Crippen LogP contribution in [0.15, 0.2) is 24.3 Å². The number of para-hydroxylation sites is 1. The van der Waals surface area contributed by atoms with Crippen LogP contribution in [0.3, 0.4) is 0 Å². The number of benzene rings is 1. The van der Waals surface area contributed by atoms with Gasteiger partial charge in [-0.05, 0) is 18.6 Å². The molecular formula is C9H11NO2. The predicted octanol–water partition coefficient (Wildman–Crippen LogP) is 1.46. The molecule has 0 aliphatic heterocycles. The zero-order valence-electron chi connectivity index (χ0n) is 6.82. The van der Waals surface area contributed by atoms with Crippen molar-refractivity contribution in [3.05, 3.63) is 29.8 Å². The van der Waals surface area contributed by atoms with E-state index >= 15 is 0 Å². The lowest BCUT2D eigenvalue weighted by atomic mass is 10.00. The second-order valence-electron chi connectivity index (χ2n) is 2.69. The van der Waals surface area contributed by atoms with E-state index in [0.717, 1.165) is 0 Å². The third kappa shape index (κ3) is 1.56. The van der Waals surface area contributed by atoms with Crippen LogP contribution in [0.25, 0.3) is 0 Å². The Labute approximate surface area is 70.8 Å². The van der Waals surface area contributed by atoms with Crippen molar-refractivity contribution < 1.29 is 9.90 Å². The number of carboxylic acids is 1. The average Bonchev–Trinajstić information content (AvgIpc) is 2.04. The number of hydrogen-bond donors (Lipinski definition) is 2. The summed E-state index contributed by atoms with van der Waals surface area (Å²) >= 11 is 0. The normalized spacial score (nSPS) is 12.4. The summed E-state index contributed by atoms with van der Waals surface area (Å²) in [4.78, 5) is 10.6. The van der Waals surface area contributed by atoms with Crippen molar-refractivity contribution in [2.24, 2.45) is 0 Å². The van der Waals surface area contributed by atoms with E-state index in [1.54, 1.807) is 31.2 Å². The van der Waals surface area contributed by atoms with Crippen LogP contribution in [0.5, 0.6) is 0 Å². The monoisotopic (exact) mass is 165 g/mol. The van der Waals surface area contributed by atoms with Crippen molar-refractivity contribution in [2.45, 2.75) is 12.8 Å². The maximum absolute atomic E-state index is 10.6. The Balaban J connectivity index is 3.02. The van der Waals surface area contributed by atoms with E-state index in [4.69, 9.17) is 10.8 Å². The first-order valence-corrected chi connectivity index (χ1v) is 3.70. The molecule has 64 valence electrons. The Morgan fingerprint density at radius 2 is 2.08 bits per heavy atom. The highest BCUT2D eigenvalue weighted by Gasteiger charge is 2.15. The van der Waals surface area contributed by atoms with Crippen LogP contribution in [0, 0.1) is 0 Å². The molecule has 0 heterocycles. The summed E-state index contributed by atoms with van der Waals surface area (Å²) in [6, 6.07) is 7.00. The molecule has 3 nitrogen and oxygen atoms in total. The Kier molecular flexibility index (Phi) is 2.33. The molecule has 0 fully saturated rings. The summed E-state index contributed by atoms with van der Waals surface area (Å²) in [5.41, 5.74) is 6.80. The molecule has 0 amide bonds. The van der Waals surface area contributed by atoms with Gasteiger partial charge in [-0.3, -0.25) is 4.79 Å². The number of rotatable bonds is 2. The summed E-state index contributed by atoms with van der Waals surface area (Å²) in [5.74, 6) is -1.39. The van der Waals surface area contributed by atoms with Crippen molar-refractivity contribution in [2.75, 3.05) is 5.73 Å². The highest BCUT2D eigenvalue weighted by Crippen LogP contribution is 2.21. The first-order chi connectivity index (χ1) is 5.63. The van der Waals surface area contributed by atoms with Gasteiger partial charge in [0.1, 0.15) is 0 Å². The van der Waals surface area contributed by atoms with Gasteiger partial charge < -0.3 is 10.8 Å². The zero-order chi connectivity index (χ0) is 9.14. The Hall–Kier alpha value is -1.51. The molecule has 1 rings (SSSR count). The minimum absolute atomic E-state index is 0.535. The third-order valence-electron chi connectivity index (χ3n) is 1.83. The molecule has 1 aromatic carbocycles. The second kappa shape index (κ2) is 3.26. The molecule has 1 aromatic rings. The Morgan fingerprint density at radius 3 is 2.58 bits per heavy atom. The van der Waals surface area contributed by atoms with Gasteiger partial charge in [0.15, 0.2) is 0 Å². The molecule has 3 heteroatoms. The second-order valence-corrected chi connectivity index (χ2v) is 2.69. The van der Waals surface area contributed by atoms with E-state index in [0.29, 0.717) is 11.3 Å². The molecule has 0 aliphatic rings. The first-order valence-electron chi connectivity index (χ1n) is 3.70. The lowest BCUT2D eigenvalue weighted by Gasteiger charge is -2.08. The minimum atomic E-state index is -0.854. The summed E-state index contributed by atoms with van der Waals surface area (Å²) < 4.78 is 0. The van der Waals surface area contributed by atoms with E-state index in [2.05, 4.69) is 0 Å². The number of carboxylic acid groups (broad SMARTS) is 1. The fraction of sp³-hybridized carbons (Fsp3) is 0.222. The lowest BCUT2D eigenvalue weighted by molar-refractivity contribution is -0.138. The van der Waals surface area contributed by atoms with E-state index in [1.807, 2.05) is 0 Å². The van der Waals surface area contributed by atoms with Crippen LogP contribution in [-0.2, 0) is 4.79 Å². The molecule has 0 saturated heterocycles. The van der Waals surface area contributed by atoms with Gasteiger partial charge in [0, 0.05) is 5.69 Å². The van der Waals surface area contributed by atoms with E-state index in [9.17, 15) is 4.79 Å². The number of nitrogens with two attached hydrogens (primary N) is 1. The van der Waals surface area contributed by atoms with Crippen LogP contribution < -0.4 is 5.73 Å². The molecule has 0 saturated carbocycles. The van der Waals surface area contributed by atoms with Gasteiger partial charge in [0.2, 0.25) is 0 Å². The highest BCUT2D eigenvalue weighted by atomic mass is 16.4. The van der Waals surface area contributed by atoms with Gasteiger partial charge in [0.25, 0.3) is 0 Å². The van der Waals surface area contributed by atoms with Crippen LogP contribution in [0.2, 0.25) is 0 Å². The molecule has 0 aromatic heterocycles. The fourth-order valence-electron chi connectivity index (χ4n) is 1.04. The zero-order valence-corrected chi connectivity index (χ0v) is 6.82. The van der Waals surface area contributed by atoms with Crippen LogP contribution >= 0.6 is 0 Å². The molecule has 0 spiro atoms. The van der Waals surface area contributed by atoms with Crippen molar-refractivity contribution in [1.82, 2.24) is 0 Å². The van der Waals surface area contributed by atoms with E-state index in [-0.39, 0.29) is 0 Å².